The number of fused-ring (bicyclic) bond motifs is 1. The molecule has 11 nitrogen and oxygen atoms in total. The molecule has 1 atom stereocenters. The first-order valence-corrected chi connectivity index (χ1v) is 12.5. The molecule has 1 saturated heterocycles. The van der Waals surface area contributed by atoms with Crippen molar-refractivity contribution in [2.45, 2.75) is 25.8 Å². The van der Waals surface area contributed by atoms with E-state index in [9.17, 15) is 9.59 Å². The van der Waals surface area contributed by atoms with Crippen LogP contribution in [0.4, 0.5) is 11.6 Å². The maximum absolute atomic E-state index is 12.6. The second kappa shape index (κ2) is 11.6. The van der Waals surface area contributed by atoms with Crippen LogP contribution in [0.1, 0.15) is 28.8 Å². The van der Waals surface area contributed by atoms with Crippen molar-refractivity contribution in [2.24, 2.45) is 0 Å². The molecule has 0 saturated carbocycles. The zero-order valence-electron chi connectivity index (χ0n) is 21.3. The summed E-state index contributed by atoms with van der Waals surface area (Å²) in [5.41, 5.74) is 2.02. The predicted molar refractivity (Wildman–Crippen MR) is 145 cm³/mol. The number of carbonyl (C=O) groups excluding carboxylic acids is 2. The topological polar surface area (TPSA) is 145 Å². The summed E-state index contributed by atoms with van der Waals surface area (Å²) in [6.07, 6.45) is 4.93. The quantitative estimate of drug-likeness (QED) is 0.281. The van der Waals surface area contributed by atoms with Crippen molar-refractivity contribution in [3.63, 3.8) is 0 Å². The number of aromatic nitrogens is 4. The number of nitrogens with one attached hydrogen (secondary N) is 3. The summed E-state index contributed by atoms with van der Waals surface area (Å²) in [6.45, 7) is 2.66. The maximum atomic E-state index is 12.6. The number of ether oxygens (including phenoxy) is 1. The van der Waals surface area contributed by atoms with Gasteiger partial charge in [0, 0.05) is 43.2 Å². The van der Waals surface area contributed by atoms with Crippen molar-refractivity contribution in [2.75, 3.05) is 30.3 Å². The smallest absolute Gasteiger partial charge is 0.298 e. The Morgan fingerprint density at radius 3 is 2.79 bits per heavy atom. The number of aliphatic hydroxyl groups excluding tert-OH is 1. The highest BCUT2D eigenvalue weighted by Crippen LogP contribution is 2.33. The van der Waals surface area contributed by atoms with Crippen molar-refractivity contribution in [3.8, 4) is 23.3 Å². The van der Waals surface area contributed by atoms with Crippen LogP contribution in [-0.4, -0.2) is 67.7 Å². The van der Waals surface area contributed by atoms with Crippen LogP contribution in [0.2, 0.25) is 0 Å². The number of pyridine rings is 2. The molecule has 1 aliphatic heterocycles. The average Bonchev–Trinajstić information content (AvgIpc) is 3.36. The van der Waals surface area contributed by atoms with Crippen molar-refractivity contribution in [1.82, 2.24) is 25.1 Å². The third-order valence-electron chi connectivity index (χ3n) is 6.25. The van der Waals surface area contributed by atoms with E-state index in [0.717, 1.165) is 18.4 Å². The normalized spacial score (nSPS) is 14.8. The first-order valence-electron chi connectivity index (χ1n) is 12.5. The van der Waals surface area contributed by atoms with Gasteiger partial charge in [-0.1, -0.05) is 5.92 Å². The minimum Gasteiger partial charge on any atom is -0.456 e. The summed E-state index contributed by atoms with van der Waals surface area (Å²) in [5.74, 6) is 6.42. The molecule has 0 spiro atoms. The largest absolute Gasteiger partial charge is 0.456 e. The molecule has 4 heterocycles. The minimum absolute atomic E-state index is 0.0427. The molecule has 1 fully saturated rings. The second-order valence-electron chi connectivity index (χ2n) is 9.10. The number of rotatable bonds is 6. The van der Waals surface area contributed by atoms with E-state index >= 15 is 0 Å². The zero-order chi connectivity index (χ0) is 27.2. The van der Waals surface area contributed by atoms with E-state index in [-0.39, 0.29) is 24.5 Å². The standard InChI is InChI=1S/C28H27N7O4/c1-18-10-12-29-23(16-18)32-28(38)19-6-8-21(9-7-19)39-22-11-13-30-26-25(22)27(34-33-26)31-20-4-2-14-35(17-20)24(37)5-3-15-36/h6-13,16,20,36H,2,4,14-15,17H2,1H3,(H,29,32,38)(H2,30,31,33,34). The Hall–Kier alpha value is -4.95. The third kappa shape index (κ3) is 6.14. The molecular formula is C28H27N7O4. The Morgan fingerprint density at radius 2 is 2.00 bits per heavy atom. The van der Waals surface area contributed by atoms with Crippen LogP contribution in [0.5, 0.6) is 11.5 Å². The first kappa shape index (κ1) is 25.7. The first-order chi connectivity index (χ1) is 19.0. The van der Waals surface area contributed by atoms with Crippen LogP contribution in [0, 0.1) is 18.8 Å². The van der Waals surface area contributed by atoms with Crippen molar-refractivity contribution in [1.29, 1.82) is 0 Å². The van der Waals surface area contributed by atoms with Gasteiger partial charge in [-0.3, -0.25) is 14.7 Å². The van der Waals surface area contributed by atoms with Crippen molar-refractivity contribution in [3.05, 3.63) is 66.0 Å². The van der Waals surface area contributed by atoms with Gasteiger partial charge < -0.3 is 25.4 Å². The Morgan fingerprint density at radius 1 is 1.18 bits per heavy atom. The molecule has 3 aromatic heterocycles. The van der Waals surface area contributed by atoms with Gasteiger partial charge >= 0.3 is 0 Å². The van der Waals surface area contributed by atoms with Crippen LogP contribution < -0.4 is 15.4 Å². The number of hydrogen-bond donors (Lipinski definition) is 4. The molecule has 11 heteroatoms. The fourth-order valence-corrected chi connectivity index (χ4v) is 4.37. The van der Waals surface area contributed by atoms with Gasteiger partial charge in [0.15, 0.2) is 11.5 Å². The summed E-state index contributed by atoms with van der Waals surface area (Å²) in [7, 11) is 0. The van der Waals surface area contributed by atoms with Gasteiger partial charge in [-0.2, -0.15) is 5.10 Å². The number of likely N-dealkylation sites (tertiary alicyclic amines) is 1. The molecule has 5 rings (SSSR count). The Kier molecular flexibility index (Phi) is 7.65. The number of H-pyrrole nitrogens is 1. The molecule has 198 valence electrons. The monoisotopic (exact) mass is 525 g/mol. The van der Waals surface area contributed by atoms with Crippen LogP contribution in [0.15, 0.2) is 54.9 Å². The number of hydrogen-bond acceptors (Lipinski definition) is 8. The molecule has 39 heavy (non-hydrogen) atoms. The Labute approximate surface area is 224 Å². The molecule has 1 aromatic carbocycles. The third-order valence-corrected chi connectivity index (χ3v) is 6.25. The van der Waals surface area contributed by atoms with E-state index in [1.54, 1.807) is 53.7 Å². The van der Waals surface area contributed by atoms with Gasteiger partial charge in [-0.05, 0) is 67.6 Å². The summed E-state index contributed by atoms with van der Waals surface area (Å²) >= 11 is 0. The molecule has 2 amide bonds. The summed E-state index contributed by atoms with van der Waals surface area (Å²) < 4.78 is 6.16. The summed E-state index contributed by atoms with van der Waals surface area (Å²) in [6, 6.07) is 12.2. The Bertz CT molecular complexity index is 1560. The molecule has 0 bridgehead atoms. The summed E-state index contributed by atoms with van der Waals surface area (Å²) in [5, 5.41) is 23.1. The van der Waals surface area contributed by atoms with E-state index in [1.165, 1.54) is 0 Å². The molecule has 0 aliphatic carbocycles. The lowest BCUT2D eigenvalue weighted by atomic mass is 10.1. The lowest BCUT2D eigenvalue weighted by molar-refractivity contribution is -0.126. The van der Waals surface area contributed by atoms with E-state index in [1.807, 2.05) is 13.0 Å². The SMILES string of the molecule is Cc1ccnc(NC(=O)c2ccc(Oc3ccnc4[nH]nc(NC5CCCN(C(=O)C#CCO)C5)c34)cc2)c1. The molecule has 4 N–H and O–H groups in total. The fourth-order valence-electron chi connectivity index (χ4n) is 4.37. The number of aromatic amines is 1. The van der Waals surface area contributed by atoms with Gasteiger partial charge in [-0.25, -0.2) is 9.97 Å². The number of benzene rings is 1. The lowest BCUT2D eigenvalue weighted by Crippen LogP contribution is -2.44. The van der Waals surface area contributed by atoms with Gasteiger partial charge in [0.05, 0.1) is 0 Å². The Balaban J connectivity index is 1.29. The predicted octanol–water partition coefficient (Wildman–Crippen LogP) is 3.10. The van der Waals surface area contributed by atoms with Crippen molar-refractivity contribution < 1.29 is 19.4 Å². The molecule has 4 aromatic rings. The highest BCUT2D eigenvalue weighted by Gasteiger charge is 2.25. The van der Waals surface area contributed by atoms with E-state index in [0.29, 0.717) is 52.8 Å². The number of amides is 2. The molecule has 1 aliphatic rings. The fraction of sp³-hybridized carbons (Fsp3) is 0.250. The maximum Gasteiger partial charge on any atom is 0.298 e. The number of carbonyl (C=O) groups is 2. The van der Waals surface area contributed by atoms with Gasteiger partial charge in [0.25, 0.3) is 11.8 Å². The minimum atomic E-state index is -0.350. The number of aryl methyl sites for hydroxylation is 1. The molecule has 1 unspecified atom stereocenters. The van der Waals surface area contributed by atoms with E-state index in [4.69, 9.17) is 9.84 Å². The number of anilines is 2. The van der Waals surface area contributed by atoms with Gasteiger partial charge in [-0.15, -0.1) is 0 Å². The van der Waals surface area contributed by atoms with Crippen LogP contribution in [-0.2, 0) is 4.79 Å². The zero-order valence-corrected chi connectivity index (χ0v) is 21.3. The van der Waals surface area contributed by atoms with Crippen LogP contribution in [0.25, 0.3) is 11.0 Å². The number of aliphatic hydroxyl groups is 1. The highest BCUT2D eigenvalue weighted by atomic mass is 16.5. The van der Waals surface area contributed by atoms with E-state index in [2.05, 4.69) is 42.6 Å². The summed E-state index contributed by atoms with van der Waals surface area (Å²) in [4.78, 5) is 35.1. The van der Waals surface area contributed by atoms with Gasteiger partial charge in [0.2, 0.25) is 0 Å². The highest BCUT2D eigenvalue weighted by molar-refractivity contribution is 6.03. The average molecular weight is 526 g/mol. The molecular weight excluding hydrogens is 498 g/mol. The van der Waals surface area contributed by atoms with Gasteiger partial charge in [0.1, 0.15) is 29.3 Å². The lowest BCUT2D eigenvalue weighted by Gasteiger charge is -2.32. The molecule has 0 radical (unpaired) electrons. The number of piperidine rings is 1. The van der Waals surface area contributed by atoms with Crippen LogP contribution in [0.3, 0.4) is 0 Å². The van der Waals surface area contributed by atoms with E-state index < -0.39 is 0 Å². The second-order valence-corrected chi connectivity index (χ2v) is 9.10. The number of nitrogens with zero attached hydrogens (tertiary/aromatic N) is 4. The van der Waals surface area contributed by atoms with Crippen molar-refractivity contribution >= 4 is 34.5 Å². The van der Waals surface area contributed by atoms with Crippen LogP contribution >= 0.6 is 0 Å².